The minimum absolute atomic E-state index is 0.389. The van der Waals surface area contributed by atoms with Gasteiger partial charge in [0.2, 0.25) is 3.79 Å². The van der Waals surface area contributed by atoms with Crippen LogP contribution in [0.5, 0.6) is 0 Å². The minimum Gasteiger partial charge on any atom is -0.332 e. The molecule has 1 unspecified atom stereocenters. The Morgan fingerprint density at radius 3 is 2.58 bits per heavy atom. The average molecular weight is 382 g/mol. The second-order valence-electron chi connectivity index (χ2n) is 5.89. The summed E-state index contributed by atoms with van der Waals surface area (Å²) in [4.78, 5) is 6.37. The first-order chi connectivity index (χ1) is 11.5. The van der Waals surface area contributed by atoms with Gasteiger partial charge in [0, 0.05) is 11.9 Å². The Morgan fingerprint density at radius 2 is 1.92 bits per heavy atom. The molecule has 0 radical (unpaired) electrons. The van der Waals surface area contributed by atoms with Crippen LogP contribution in [-0.4, -0.2) is 8.78 Å². The van der Waals surface area contributed by atoms with Crippen LogP contribution >= 0.6 is 34.8 Å². The average Bonchev–Trinajstić information content (AvgIpc) is 2.58. The molecule has 0 amide bonds. The van der Waals surface area contributed by atoms with E-state index in [1.54, 1.807) is 6.20 Å². The number of halogens is 3. The Labute approximate surface area is 158 Å². The zero-order chi connectivity index (χ0) is 17.2. The fraction of sp³-hybridized carbons (Fsp3) is 0.316. The molecule has 0 fully saturated rings. The van der Waals surface area contributed by atoms with Crippen molar-refractivity contribution in [3.63, 3.8) is 0 Å². The molecule has 1 aliphatic heterocycles. The van der Waals surface area contributed by atoms with E-state index in [4.69, 9.17) is 34.8 Å². The van der Waals surface area contributed by atoms with Crippen LogP contribution in [0.4, 0.5) is 5.69 Å². The lowest BCUT2D eigenvalue weighted by atomic mass is 9.92. The predicted octanol–water partition coefficient (Wildman–Crippen LogP) is 6.54. The molecule has 1 atom stereocenters. The van der Waals surface area contributed by atoms with E-state index in [1.807, 2.05) is 36.5 Å². The molecule has 24 heavy (non-hydrogen) atoms. The summed E-state index contributed by atoms with van der Waals surface area (Å²) in [6.07, 6.45) is 8.88. The highest BCUT2D eigenvalue weighted by Crippen LogP contribution is 2.50. The van der Waals surface area contributed by atoms with Crippen LogP contribution in [0, 0.1) is 0 Å². The lowest BCUT2D eigenvalue weighted by molar-refractivity contribution is 0.643. The number of allylic oxidation sites excluding steroid dienone is 1. The molecular weight excluding hydrogens is 363 g/mol. The van der Waals surface area contributed by atoms with E-state index in [0.717, 1.165) is 41.8 Å². The maximum Gasteiger partial charge on any atom is 0.215 e. The summed E-state index contributed by atoms with van der Waals surface area (Å²) in [5.74, 6) is 0. The maximum absolute atomic E-state index is 6.43. The Morgan fingerprint density at radius 1 is 1.12 bits per heavy atom. The van der Waals surface area contributed by atoms with Crippen molar-refractivity contribution in [2.75, 3.05) is 4.90 Å². The first kappa shape index (κ1) is 17.6. The number of unbranched alkanes of at least 4 members (excludes halogenated alkanes) is 1. The van der Waals surface area contributed by atoms with E-state index in [9.17, 15) is 0 Å². The quantitative estimate of drug-likeness (QED) is 0.559. The monoisotopic (exact) mass is 380 g/mol. The maximum atomic E-state index is 6.43. The van der Waals surface area contributed by atoms with Crippen molar-refractivity contribution in [2.45, 2.75) is 36.0 Å². The summed E-state index contributed by atoms with van der Waals surface area (Å²) in [7, 11) is 0. The van der Waals surface area contributed by atoms with Gasteiger partial charge in [-0.1, -0.05) is 72.4 Å². The van der Waals surface area contributed by atoms with E-state index in [1.165, 1.54) is 0 Å². The van der Waals surface area contributed by atoms with E-state index in [-0.39, 0.29) is 6.04 Å². The van der Waals surface area contributed by atoms with Crippen molar-refractivity contribution in [1.29, 1.82) is 0 Å². The highest BCUT2D eigenvalue weighted by atomic mass is 35.6. The molecule has 1 aliphatic rings. The number of anilines is 1. The second-order valence-corrected chi connectivity index (χ2v) is 8.26. The molecule has 126 valence electrons. The van der Waals surface area contributed by atoms with Crippen molar-refractivity contribution >= 4 is 46.6 Å². The Balaban J connectivity index is 2.17. The summed E-state index contributed by atoms with van der Waals surface area (Å²) in [5.41, 5.74) is 4.22. The van der Waals surface area contributed by atoms with Crippen molar-refractivity contribution in [2.24, 2.45) is 0 Å². The molecule has 0 aliphatic carbocycles. The minimum atomic E-state index is -1.46. The Kier molecular flexibility index (Phi) is 5.39. The summed E-state index contributed by atoms with van der Waals surface area (Å²) in [6.45, 7) is 2.18. The van der Waals surface area contributed by atoms with Crippen LogP contribution < -0.4 is 4.90 Å². The predicted molar refractivity (Wildman–Crippen MR) is 104 cm³/mol. The third-order valence-electron chi connectivity index (χ3n) is 4.20. The SMILES string of the molecule is CCCCC1=Cc2ccccc2C(C(Cl)(Cl)Cl)N1c1cccnc1. The molecule has 0 spiro atoms. The molecule has 2 aromatic rings. The van der Waals surface area contributed by atoms with Crippen molar-refractivity contribution in [3.05, 3.63) is 65.6 Å². The highest BCUT2D eigenvalue weighted by Gasteiger charge is 2.42. The van der Waals surface area contributed by atoms with Crippen LogP contribution in [0.25, 0.3) is 6.08 Å². The molecule has 1 aromatic carbocycles. The first-order valence-corrected chi connectivity index (χ1v) is 9.21. The fourth-order valence-corrected chi connectivity index (χ4v) is 3.78. The van der Waals surface area contributed by atoms with E-state index in [0.29, 0.717) is 0 Å². The van der Waals surface area contributed by atoms with Gasteiger partial charge in [0.1, 0.15) is 6.04 Å². The van der Waals surface area contributed by atoms with Gasteiger partial charge >= 0.3 is 0 Å². The van der Waals surface area contributed by atoms with Gasteiger partial charge in [0.05, 0.1) is 11.9 Å². The number of hydrogen-bond donors (Lipinski definition) is 0. The molecule has 2 nitrogen and oxygen atoms in total. The van der Waals surface area contributed by atoms with Gasteiger partial charge in [-0.15, -0.1) is 0 Å². The van der Waals surface area contributed by atoms with Crippen LogP contribution in [0.3, 0.4) is 0 Å². The number of nitrogens with zero attached hydrogens (tertiary/aromatic N) is 2. The van der Waals surface area contributed by atoms with Crippen molar-refractivity contribution in [3.8, 4) is 0 Å². The van der Waals surface area contributed by atoms with Gasteiger partial charge in [-0.3, -0.25) is 4.98 Å². The standard InChI is InChI=1S/C19H19Cl3N2/c1-2-3-8-15-12-14-7-4-5-10-17(14)18(19(20,21)22)24(15)16-9-6-11-23-13-16/h4-7,9-13,18H,2-3,8H2,1H3. The summed E-state index contributed by atoms with van der Waals surface area (Å²) in [5, 5.41) is 0. The van der Waals surface area contributed by atoms with Crippen LogP contribution in [0.2, 0.25) is 0 Å². The van der Waals surface area contributed by atoms with E-state index in [2.05, 4.69) is 29.0 Å². The third-order valence-corrected chi connectivity index (χ3v) is 4.82. The number of aromatic nitrogens is 1. The van der Waals surface area contributed by atoms with Gasteiger partial charge in [-0.05, 0) is 42.2 Å². The number of rotatable bonds is 4. The van der Waals surface area contributed by atoms with Gasteiger partial charge in [-0.25, -0.2) is 0 Å². The molecule has 0 saturated heterocycles. The zero-order valence-electron chi connectivity index (χ0n) is 13.4. The van der Waals surface area contributed by atoms with Gasteiger partial charge < -0.3 is 4.90 Å². The number of alkyl halides is 3. The first-order valence-electron chi connectivity index (χ1n) is 8.08. The van der Waals surface area contributed by atoms with Crippen molar-refractivity contribution < 1.29 is 0 Å². The largest absolute Gasteiger partial charge is 0.332 e. The molecule has 1 aromatic heterocycles. The molecule has 0 saturated carbocycles. The van der Waals surface area contributed by atoms with Gasteiger partial charge in [-0.2, -0.15) is 0 Å². The number of benzene rings is 1. The third kappa shape index (κ3) is 3.56. The normalized spacial score (nSPS) is 17.4. The molecule has 0 N–H and O–H groups in total. The van der Waals surface area contributed by atoms with E-state index < -0.39 is 3.79 Å². The summed E-state index contributed by atoms with van der Waals surface area (Å²) >= 11 is 19.3. The fourth-order valence-electron chi connectivity index (χ4n) is 3.13. The van der Waals surface area contributed by atoms with Gasteiger partial charge in [0.15, 0.2) is 0 Å². The summed E-state index contributed by atoms with van der Waals surface area (Å²) in [6, 6.07) is 11.6. The Hall–Kier alpha value is -1.22. The number of fused-ring (bicyclic) bond motifs is 1. The smallest absolute Gasteiger partial charge is 0.215 e. The van der Waals surface area contributed by atoms with Crippen LogP contribution in [0.15, 0.2) is 54.5 Å². The summed E-state index contributed by atoms with van der Waals surface area (Å²) < 4.78 is -1.46. The molecule has 0 bridgehead atoms. The molecular formula is C19H19Cl3N2. The van der Waals surface area contributed by atoms with E-state index >= 15 is 0 Å². The molecule has 5 heteroatoms. The zero-order valence-corrected chi connectivity index (χ0v) is 15.7. The number of hydrogen-bond acceptors (Lipinski definition) is 2. The molecule has 3 rings (SSSR count). The van der Waals surface area contributed by atoms with Gasteiger partial charge in [0.25, 0.3) is 0 Å². The highest BCUT2D eigenvalue weighted by molar-refractivity contribution is 6.68. The molecule has 2 heterocycles. The lowest BCUT2D eigenvalue weighted by Gasteiger charge is -2.42. The topological polar surface area (TPSA) is 16.1 Å². The van der Waals surface area contributed by atoms with Crippen molar-refractivity contribution in [1.82, 2.24) is 4.98 Å². The van der Waals surface area contributed by atoms with Crippen LogP contribution in [-0.2, 0) is 0 Å². The second kappa shape index (κ2) is 7.35. The number of pyridine rings is 1. The lowest BCUT2D eigenvalue weighted by Crippen LogP contribution is -2.39. The Bertz CT molecular complexity index is 723. The van der Waals surface area contributed by atoms with Crippen LogP contribution in [0.1, 0.15) is 43.4 Å².